The fraction of sp³-hybridized carbons (Fsp3) is 0.462. The average molecular weight is 251 g/mol. The lowest BCUT2D eigenvalue weighted by molar-refractivity contribution is 0.187. The van der Waals surface area contributed by atoms with Gasteiger partial charge in [-0.05, 0) is 51.3 Å². The van der Waals surface area contributed by atoms with Gasteiger partial charge in [0.05, 0.1) is 7.11 Å². The van der Waals surface area contributed by atoms with E-state index in [4.69, 9.17) is 0 Å². The van der Waals surface area contributed by atoms with E-state index < -0.39 is 6.09 Å². The quantitative estimate of drug-likeness (QED) is 0.761. The normalized spacial score (nSPS) is 10.2. The highest BCUT2D eigenvalue weighted by Crippen LogP contribution is 2.13. The molecule has 0 bridgehead atoms. The van der Waals surface area contributed by atoms with Crippen LogP contribution in [0.5, 0.6) is 0 Å². The van der Waals surface area contributed by atoms with Crippen LogP contribution in [-0.2, 0) is 4.74 Å². The first-order valence-electron chi connectivity index (χ1n) is 5.95. The topological polar surface area (TPSA) is 53.6 Å². The van der Waals surface area contributed by atoms with Crippen LogP contribution in [0.4, 0.5) is 16.2 Å². The maximum absolute atomic E-state index is 11.0. The lowest BCUT2D eigenvalue weighted by atomic mass is 10.2. The Balaban J connectivity index is 2.33. The Kier molecular flexibility index (Phi) is 6.00. The van der Waals surface area contributed by atoms with E-state index in [2.05, 4.69) is 34.4 Å². The van der Waals surface area contributed by atoms with Gasteiger partial charge >= 0.3 is 6.09 Å². The molecule has 0 saturated carbocycles. The van der Waals surface area contributed by atoms with Crippen LogP contribution in [0.3, 0.4) is 0 Å². The van der Waals surface area contributed by atoms with E-state index in [9.17, 15) is 4.79 Å². The van der Waals surface area contributed by atoms with Gasteiger partial charge in [-0.3, -0.25) is 5.32 Å². The molecule has 0 saturated heterocycles. The van der Waals surface area contributed by atoms with E-state index in [1.807, 2.05) is 24.3 Å². The molecule has 1 aromatic carbocycles. The lowest BCUT2D eigenvalue weighted by Gasteiger charge is -2.11. The second kappa shape index (κ2) is 7.55. The zero-order chi connectivity index (χ0) is 13.4. The van der Waals surface area contributed by atoms with Crippen molar-refractivity contribution in [3.05, 3.63) is 24.3 Å². The Morgan fingerprint density at radius 1 is 1.22 bits per heavy atom. The third-order valence-electron chi connectivity index (χ3n) is 2.43. The maximum Gasteiger partial charge on any atom is 0.411 e. The number of hydrogen-bond acceptors (Lipinski definition) is 4. The first kappa shape index (κ1) is 14.3. The number of amides is 1. The minimum atomic E-state index is -0.457. The van der Waals surface area contributed by atoms with Crippen LogP contribution >= 0.6 is 0 Å². The predicted molar refractivity (Wildman–Crippen MR) is 74.1 cm³/mol. The molecule has 0 aliphatic heterocycles. The fourth-order valence-corrected chi connectivity index (χ4v) is 1.47. The van der Waals surface area contributed by atoms with Gasteiger partial charge in [-0.15, -0.1) is 0 Å². The van der Waals surface area contributed by atoms with Crippen molar-refractivity contribution < 1.29 is 9.53 Å². The molecule has 5 heteroatoms. The smallest absolute Gasteiger partial charge is 0.411 e. The van der Waals surface area contributed by atoms with Crippen molar-refractivity contribution in [1.29, 1.82) is 0 Å². The molecule has 0 aromatic heterocycles. The summed E-state index contributed by atoms with van der Waals surface area (Å²) in [6, 6.07) is 7.54. The van der Waals surface area contributed by atoms with Crippen molar-refractivity contribution in [3.63, 3.8) is 0 Å². The number of carbonyl (C=O) groups is 1. The van der Waals surface area contributed by atoms with Crippen LogP contribution in [0.1, 0.15) is 6.42 Å². The number of rotatable bonds is 6. The van der Waals surface area contributed by atoms with E-state index in [1.165, 1.54) is 7.11 Å². The number of carbonyl (C=O) groups excluding carboxylic acids is 1. The van der Waals surface area contributed by atoms with Gasteiger partial charge in [0.25, 0.3) is 0 Å². The molecule has 1 aromatic rings. The van der Waals surface area contributed by atoms with Gasteiger partial charge in [-0.2, -0.15) is 0 Å². The summed E-state index contributed by atoms with van der Waals surface area (Å²) in [4.78, 5) is 13.1. The highest BCUT2D eigenvalue weighted by atomic mass is 16.5. The fourth-order valence-electron chi connectivity index (χ4n) is 1.47. The summed E-state index contributed by atoms with van der Waals surface area (Å²) in [6.07, 6.45) is 0.636. The Morgan fingerprint density at radius 2 is 1.83 bits per heavy atom. The minimum absolute atomic E-state index is 0.457. The molecule has 18 heavy (non-hydrogen) atoms. The molecular formula is C13H21N3O2. The highest BCUT2D eigenvalue weighted by molar-refractivity contribution is 5.84. The molecule has 0 heterocycles. The molecule has 0 aliphatic rings. The summed E-state index contributed by atoms with van der Waals surface area (Å²) in [5.74, 6) is 0. The molecule has 100 valence electrons. The van der Waals surface area contributed by atoms with Crippen molar-refractivity contribution >= 4 is 17.5 Å². The molecule has 0 unspecified atom stereocenters. The summed E-state index contributed by atoms with van der Waals surface area (Å²) in [5.41, 5.74) is 1.77. The van der Waals surface area contributed by atoms with E-state index in [0.29, 0.717) is 0 Å². The number of anilines is 2. The minimum Gasteiger partial charge on any atom is -0.453 e. The van der Waals surface area contributed by atoms with Crippen molar-refractivity contribution in [2.45, 2.75) is 6.42 Å². The molecular weight excluding hydrogens is 230 g/mol. The zero-order valence-corrected chi connectivity index (χ0v) is 11.2. The molecule has 0 aliphatic carbocycles. The van der Waals surface area contributed by atoms with Crippen LogP contribution in [0.2, 0.25) is 0 Å². The van der Waals surface area contributed by atoms with Crippen LogP contribution in [-0.4, -0.2) is 45.3 Å². The molecule has 0 spiro atoms. The lowest BCUT2D eigenvalue weighted by Crippen LogP contribution is -2.16. The van der Waals surface area contributed by atoms with Crippen molar-refractivity contribution in [1.82, 2.24) is 4.90 Å². The zero-order valence-electron chi connectivity index (χ0n) is 11.2. The predicted octanol–water partition coefficient (Wildman–Crippen LogP) is 2.23. The standard InChI is InChI=1S/C13H21N3O2/c1-16(2)10-4-9-14-11-5-7-12(8-6-11)15-13(17)18-3/h5-8,14H,4,9-10H2,1-3H3,(H,15,17). The first-order chi connectivity index (χ1) is 8.61. The Hall–Kier alpha value is -1.75. The molecule has 1 amide bonds. The maximum atomic E-state index is 11.0. The van der Waals surface area contributed by atoms with Gasteiger partial charge in [0.1, 0.15) is 0 Å². The number of hydrogen-bond donors (Lipinski definition) is 2. The van der Waals surface area contributed by atoms with Gasteiger partial charge < -0.3 is 15.0 Å². The van der Waals surface area contributed by atoms with Gasteiger partial charge in [-0.1, -0.05) is 0 Å². The summed E-state index contributed by atoms with van der Waals surface area (Å²) in [5, 5.41) is 5.93. The first-order valence-corrected chi connectivity index (χ1v) is 5.95. The number of nitrogens with zero attached hydrogens (tertiary/aromatic N) is 1. The van der Waals surface area contributed by atoms with E-state index >= 15 is 0 Å². The second-order valence-corrected chi connectivity index (χ2v) is 4.28. The summed E-state index contributed by atoms with van der Waals surface area (Å²) >= 11 is 0. The van der Waals surface area contributed by atoms with Crippen LogP contribution < -0.4 is 10.6 Å². The molecule has 0 radical (unpaired) electrons. The van der Waals surface area contributed by atoms with Crippen LogP contribution in [0.15, 0.2) is 24.3 Å². The molecule has 0 atom stereocenters. The SMILES string of the molecule is COC(=O)Nc1ccc(NCCCN(C)C)cc1. The Bertz CT molecular complexity index is 363. The Morgan fingerprint density at radius 3 is 2.39 bits per heavy atom. The largest absolute Gasteiger partial charge is 0.453 e. The molecule has 1 rings (SSSR count). The van der Waals surface area contributed by atoms with E-state index in [1.54, 1.807) is 0 Å². The van der Waals surface area contributed by atoms with Gasteiger partial charge in [-0.25, -0.2) is 4.79 Å². The third kappa shape index (κ3) is 5.54. The Labute approximate surface area is 108 Å². The highest BCUT2D eigenvalue weighted by Gasteiger charge is 2.00. The molecule has 0 fully saturated rings. The number of ether oxygens (including phenoxy) is 1. The monoisotopic (exact) mass is 251 g/mol. The van der Waals surface area contributed by atoms with Crippen molar-refractivity contribution in [3.8, 4) is 0 Å². The van der Waals surface area contributed by atoms with Gasteiger partial charge in [0, 0.05) is 17.9 Å². The van der Waals surface area contributed by atoms with Gasteiger partial charge in [0.15, 0.2) is 0 Å². The summed E-state index contributed by atoms with van der Waals surface area (Å²) in [6.45, 7) is 2.00. The van der Waals surface area contributed by atoms with Crippen LogP contribution in [0.25, 0.3) is 0 Å². The van der Waals surface area contributed by atoms with Crippen molar-refractivity contribution in [2.24, 2.45) is 0 Å². The van der Waals surface area contributed by atoms with Crippen molar-refractivity contribution in [2.75, 3.05) is 44.9 Å². The van der Waals surface area contributed by atoms with E-state index in [0.717, 1.165) is 30.9 Å². The number of nitrogens with one attached hydrogen (secondary N) is 2. The number of methoxy groups -OCH3 is 1. The third-order valence-corrected chi connectivity index (χ3v) is 2.43. The second-order valence-electron chi connectivity index (χ2n) is 4.28. The summed E-state index contributed by atoms with van der Waals surface area (Å²) < 4.78 is 4.52. The van der Waals surface area contributed by atoms with E-state index in [-0.39, 0.29) is 0 Å². The molecule has 5 nitrogen and oxygen atoms in total. The average Bonchev–Trinajstić information content (AvgIpc) is 2.36. The molecule has 2 N–H and O–H groups in total. The van der Waals surface area contributed by atoms with Gasteiger partial charge in [0.2, 0.25) is 0 Å². The number of benzene rings is 1. The van der Waals surface area contributed by atoms with Crippen LogP contribution in [0, 0.1) is 0 Å². The summed E-state index contributed by atoms with van der Waals surface area (Å²) in [7, 11) is 5.47.